The average Bonchev–Trinajstić information content (AvgIpc) is 3.25. The molecule has 2 aromatic rings. The Kier molecular flexibility index (Phi) is 4.19. The Balaban J connectivity index is 1.48. The van der Waals surface area contributed by atoms with Crippen LogP contribution in [0, 0.1) is 0 Å². The van der Waals surface area contributed by atoms with Gasteiger partial charge in [0.05, 0.1) is 42.2 Å². The molecule has 25 heavy (non-hydrogen) atoms. The number of ether oxygens (including phenoxy) is 2. The second kappa shape index (κ2) is 6.50. The quantitative estimate of drug-likeness (QED) is 0.835. The van der Waals surface area contributed by atoms with E-state index in [4.69, 9.17) is 21.1 Å². The van der Waals surface area contributed by atoms with Crippen LogP contribution < -0.4 is 5.32 Å². The van der Waals surface area contributed by atoms with Crippen LogP contribution in [0.4, 0.5) is 0 Å². The number of halogens is 1. The number of carbonyl (C=O) groups is 2. The van der Waals surface area contributed by atoms with Crippen molar-refractivity contribution in [1.29, 1.82) is 0 Å². The summed E-state index contributed by atoms with van der Waals surface area (Å²) in [5, 5.41) is 3.27. The number of aromatic nitrogens is 2. The van der Waals surface area contributed by atoms with Crippen LogP contribution in [0.15, 0.2) is 36.9 Å². The van der Waals surface area contributed by atoms with Crippen LogP contribution in [-0.2, 0) is 20.7 Å². The lowest BCUT2D eigenvalue weighted by Gasteiger charge is -2.27. The summed E-state index contributed by atoms with van der Waals surface area (Å²) < 4.78 is 12.7. The number of rotatable bonds is 3. The van der Waals surface area contributed by atoms with Gasteiger partial charge in [0.15, 0.2) is 6.10 Å². The monoisotopic (exact) mass is 361 g/mol. The van der Waals surface area contributed by atoms with Crippen molar-refractivity contribution in [2.75, 3.05) is 13.2 Å². The predicted molar refractivity (Wildman–Crippen MR) is 88.4 cm³/mol. The maximum atomic E-state index is 12.6. The van der Waals surface area contributed by atoms with E-state index in [-0.39, 0.29) is 18.0 Å². The smallest absolute Gasteiger partial charge is 0.340 e. The Morgan fingerprint density at radius 3 is 3.04 bits per heavy atom. The highest BCUT2D eigenvalue weighted by molar-refractivity contribution is 6.33. The van der Waals surface area contributed by atoms with Gasteiger partial charge in [0, 0.05) is 18.8 Å². The predicted octanol–water partition coefficient (Wildman–Crippen LogP) is 1.37. The summed E-state index contributed by atoms with van der Waals surface area (Å²) in [6, 6.07) is 4.94. The van der Waals surface area contributed by atoms with Gasteiger partial charge in [0.2, 0.25) is 0 Å². The lowest BCUT2D eigenvalue weighted by atomic mass is 9.98. The van der Waals surface area contributed by atoms with E-state index in [9.17, 15) is 9.59 Å². The van der Waals surface area contributed by atoms with Crippen molar-refractivity contribution in [2.45, 2.75) is 24.6 Å². The molecule has 1 amide bonds. The van der Waals surface area contributed by atoms with E-state index in [1.165, 1.54) is 0 Å². The minimum absolute atomic E-state index is 0.0347. The van der Waals surface area contributed by atoms with E-state index in [0.29, 0.717) is 30.2 Å². The molecule has 8 heteroatoms. The van der Waals surface area contributed by atoms with Gasteiger partial charge in [-0.05, 0) is 11.6 Å². The van der Waals surface area contributed by atoms with E-state index in [2.05, 4.69) is 10.3 Å². The molecular weight excluding hydrogens is 346 g/mol. The maximum absolute atomic E-state index is 12.6. The molecular formula is C17H16ClN3O4. The first-order valence-electron chi connectivity index (χ1n) is 7.97. The van der Waals surface area contributed by atoms with Crippen molar-refractivity contribution in [3.8, 4) is 0 Å². The van der Waals surface area contributed by atoms with Crippen LogP contribution in [0.5, 0.6) is 0 Å². The van der Waals surface area contributed by atoms with E-state index in [1.54, 1.807) is 30.7 Å². The summed E-state index contributed by atoms with van der Waals surface area (Å²) in [7, 11) is 0. The number of carbonyl (C=O) groups excluding carboxylic acids is 2. The molecule has 1 N–H and O–H groups in total. The van der Waals surface area contributed by atoms with Crippen LogP contribution >= 0.6 is 11.6 Å². The summed E-state index contributed by atoms with van der Waals surface area (Å²) in [6.07, 6.45) is 4.63. The van der Waals surface area contributed by atoms with Gasteiger partial charge in [-0.15, -0.1) is 0 Å². The third-order valence-corrected chi connectivity index (χ3v) is 4.85. The second-order valence-electron chi connectivity index (χ2n) is 6.10. The van der Waals surface area contributed by atoms with Crippen LogP contribution in [0.3, 0.4) is 0 Å². The first kappa shape index (κ1) is 16.1. The van der Waals surface area contributed by atoms with E-state index < -0.39 is 12.1 Å². The van der Waals surface area contributed by atoms with Gasteiger partial charge >= 0.3 is 5.97 Å². The molecule has 1 saturated heterocycles. The number of hydrogen-bond acceptors (Lipinski definition) is 5. The zero-order valence-electron chi connectivity index (χ0n) is 13.2. The molecule has 1 fully saturated rings. The van der Waals surface area contributed by atoms with Gasteiger partial charge in [0.25, 0.3) is 5.91 Å². The molecule has 1 aromatic carbocycles. The standard InChI is InChI=1S/C17H16ClN3O4/c18-11-3-1-2-10-6-14(25-17(23)15(10)11)16(22)20-12-7-24-8-13(12)21-5-4-19-9-21/h1-5,9,12-14H,6-8H2,(H,20,22)/t12-,13+,14?/m1/s1. The Bertz CT molecular complexity index is 808. The fourth-order valence-corrected chi connectivity index (χ4v) is 3.53. The minimum atomic E-state index is -0.873. The number of hydrogen-bond donors (Lipinski definition) is 1. The molecule has 130 valence electrons. The molecule has 3 heterocycles. The molecule has 0 spiro atoms. The highest BCUT2D eigenvalue weighted by Gasteiger charge is 2.36. The van der Waals surface area contributed by atoms with Gasteiger partial charge in [-0.1, -0.05) is 23.7 Å². The SMILES string of the molecule is O=C1OC(C(=O)N[C@@H]2COC[C@@H]2n2ccnc2)Cc2cccc(Cl)c21. The number of fused-ring (bicyclic) bond motifs is 1. The second-order valence-corrected chi connectivity index (χ2v) is 6.51. The molecule has 3 atom stereocenters. The van der Waals surface area contributed by atoms with Crippen LogP contribution in [-0.4, -0.2) is 46.8 Å². The number of nitrogens with one attached hydrogen (secondary N) is 1. The summed E-state index contributed by atoms with van der Waals surface area (Å²) in [5.74, 6) is -0.902. The first-order valence-corrected chi connectivity index (χ1v) is 8.35. The Morgan fingerprint density at radius 2 is 2.24 bits per heavy atom. The molecule has 0 radical (unpaired) electrons. The summed E-state index contributed by atoms with van der Waals surface area (Å²) in [4.78, 5) is 28.8. The molecule has 7 nitrogen and oxygen atoms in total. The van der Waals surface area contributed by atoms with E-state index in [0.717, 1.165) is 5.56 Å². The Morgan fingerprint density at radius 1 is 1.36 bits per heavy atom. The Labute approximate surface area is 148 Å². The Hall–Kier alpha value is -2.38. The molecule has 1 aromatic heterocycles. The third kappa shape index (κ3) is 3.01. The normalized spacial score (nSPS) is 25.3. The molecule has 1 unspecified atom stereocenters. The summed E-state index contributed by atoms with van der Waals surface area (Å²) in [5.41, 5.74) is 1.06. The molecule has 2 aliphatic heterocycles. The van der Waals surface area contributed by atoms with Crippen LogP contribution in [0.1, 0.15) is 22.0 Å². The third-order valence-electron chi connectivity index (χ3n) is 4.54. The molecule has 0 bridgehead atoms. The highest BCUT2D eigenvalue weighted by Crippen LogP contribution is 2.28. The lowest BCUT2D eigenvalue weighted by Crippen LogP contribution is -2.48. The molecule has 0 saturated carbocycles. The van der Waals surface area contributed by atoms with Crippen molar-refractivity contribution in [1.82, 2.24) is 14.9 Å². The van der Waals surface area contributed by atoms with Gasteiger partial charge in [-0.3, -0.25) is 4.79 Å². The summed E-state index contributed by atoms with van der Waals surface area (Å²) >= 11 is 6.05. The van der Waals surface area contributed by atoms with Crippen LogP contribution in [0.25, 0.3) is 0 Å². The van der Waals surface area contributed by atoms with Gasteiger partial charge < -0.3 is 19.4 Å². The number of nitrogens with zero attached hydrogens (tertiary/aromatic N) is 2. The van der Waals surface area contributed by atoms with Crippen molar-refractivity contribution < 1.29 is 19.1 Å². The maximum Gasteiger partial charge on any atom is 0.340 e. The molecule has 0 aliphatic carbocycles. The molecule has 4 rings (SSSR count). The number of benzene rings is 1. The average molecular weight is 362 g/mol. The number of amides is 1. The highest BCUT2D eigenvalue weighted by atomic mass is 35.5. The number of esters is 1. The first-order chi connectivity index (χ1) is 12.1. The van der Waals surface area contributed by atoms with Gasteiger partial charge in [-0.25, -0.2) is 9.78 Å². The van der Waals surface area contributed by atoms with Crippen molar-refractivity contribution in [3.05, 3.63) is 53.1 Å². The number of imidazole rings is 1. The fourth-order valence-electron chi connectivity index (χ4n) is 3.26. The fraction of sp³-hybridized carbons (Fsp3) is 0.353. The molecule has 2 aliphatic rings. The zero-order valence-corrected chi connectivity index (χ0v) is 14.0. The van der Waals surface area contributed by atoms with E-state index in [1.807, 2.05) is 10.8 Å². The topological polar surface area (TPSA) is 82.5 Å². The van der Waals surface area contributed by atoms with Crippen molar-refractivity contribution >= 4 is 23.5 Å². The van der Waals surface area contributed by atoms with Gasteiger partial charge in [0.1, 0.15) is 0 Å². The number of cyclic esters (lactones) is 1. The lowest BCUT2D eigenvalue weighted by molar-refractivity contribution is -0.131. The largest absolute Gasteiger partial charge is 0.448 e. The zero-order chi connectivity index (χ0) is 17.4. The van der Waals surface area contributed by atoms with Crippen LogP contribution in [0.2, 0.25) is 5.02 Å². The van der Waals surface area contributed by atoms with Crippen molar-refractivity contribution in [2.24, 2.45) is 0 Å². The van der Waals surface area contributed by atoms with Crippen molar-refractivity contribution in [3.63, 3.8) is 0 Å². The van der Waals surface area contributed by atoms with Gasteiger partial charge in [-0.2, -0.15) is 0 Å². The van der Waals surface area contributed by atoms with E-state index >= 15 is 0 Å². The minimum Gasteiger partial charge on any atom is -0.448 e. The summed E-state index contributed by atoms with van der Waals surface area (Å²) in [6.45, 7) is 0.891.